The van der Waals surface area contributed by atoms with Crippen molar-refractivity contribution in [2.45, 2.75) is 13.0 Å². The van der Waals surface area contributed by atoms with E-state index in [1.807, 2.05) is 0 Å². The zero-order valence-electron chi connectivity index (χ0n) is 11.1. The predicted octanol–water partition coefficient (Wildman–Crippen LogP) is 0.688. The Bertz CT molecular complexity index is 690. The summed E-state index contributed by atoms with van der Waals surface area (Å²) in [6, 6.07) is 4.36. The van der Waals surface area contributed by atoms with Crippen molar-refractivity contribution in [3.63, 3.8) is 0 Å². The predicted molar refractivity (Wildman–Crippen MR) is 75.5 cm³/mol. The molecule has 3 N–H and O–H groups in total. The van der Waals surface area contributed by atoms with E-state index in [4.69, 9.17) is 16.7 Å². The number of aliphatic hydroxyl groups excluding tert-OH is 1. The Balaban J connectivity index is 2.11. The summed E-state index contributed by atoms with van der Waals surface area (Å²) in [6.45, 7) is 1.49. The van der Waals surface area contributed by atoms with E-state index in [9.17, 15) is 4.79 Å². The van der Waals surface area contributed by atoms with Gasteiger partial charge >= 0.3 is 0 Å². The lowest BCUT2D eigenvalue weighted by atomic mass is 10.1. The number of aromatic amines is 1. The first kappa shape index (κ1) is 15.0. The van der Waals surface area contributed by atoms with Gasteiger partial charge < -0.3 is 10.4 Å². The molecule has 0 fully saturated rings. The summed E-state index contributed by atoms with van der Waals surface area (Å²) < 4.78 is 0. The monoisotopic (exact) mass is 305 g/mol. The van der Waals surface area contributed by atoms with Crippen LogP contribution in [0.2, 0.25) is 5.02 Å². The molecule has 7 nitrogen and oxygen atoms in total. The number of carbonyl (C=O) groups excluding carboxylic acids is 1. The van der Waals surface area contributed by atoms with E-state index in [0.29, 0.717) is 22.0 Å². The first-order valence-corrected chi connectivity index (χ1v) is 6.43. The van der Waals surface area contributed by atoms with Crippen molar-refractivity contribution in [1.82, 2.24) is 25.9 Å². The highest BCUT2D eigenvalue weighted by atomic mass is 35.5. The molecule has 0 aliphatic rings. The smallest absolute Gasteiger partial charge is 0.251 e. The van der Waals surface area contributed by atoms with Crippen molar-refractivity contribution in [2.75, 3.05) is 6.61 Å². The molecule has 8 heteroatoms. The number of tetrazole rings is 1. The number of halogens is 1. The molecule has 21 heavy (non-hydrogen) atoms. The van der Waals surface area contributed by atoms with Gasteiger partial charge in [-0.3, -0.25) is 4.79 Å². The van der Waals surface area contributed by atoms with Gasteiger partial charge in [0.05, 0.1) is 11.1 Å². The van der Waals surface area contributed by atoms with E-state index in [2.05, 4.69) is 37.8 Å². The molecule has 0 spiro atoms. The number of amides is 1. The first-order valence-electron chi connectivity index (χ1n) is 6.05. The third-order valence-electron chi connectivity index (χ3n) is 2.63. The molecule has 1 heterocycles. The van der Waals surface area contributed by atoms with Crippen molar-refractivity contribution in [2.24, 2.45) is 0 Å². The Morgan fingerprint density at radius 3 is 3.00 bits per heavy atom. The van der Waals surface area contributed by atoms with Crippen LogP contribution in [0.25, 0.3) is 0 Å². The summed E-state index contributed by atoms with van der Waals surface area (Å²) in [5, 5.41) is 25.1. The lowest BCUT2D eigenvalue weighted by molar-refractivity contribution is 0.0938. The average molecular weight is 306 g/mol. The Kier molecular flexibility index (Phi) is 4.87. The molecule has 0 saturated heterocycles. The quantitative estimate of drug-likeness (QED) is 0.724. The molecule has 1 aromatic heterocycles. The number of carbonyl (C=O) groups is 1. The van der Waals surface area contributed by atoms with Crippen molar-refractivity contribution in [3.05, 3.63) is 40.2 Å². The van der Waals surface area contributed by atoms with Crippen LogP contribution < -0.4 is 5.32 Å². The number of benzene rings is 1. The van der Waals surface area contributed by atoms with E-state index >= 15 is 0 Å². The number of nitrogens with zero attached hydrogens (tertiary/aromatic N) is 3. The molecular weight excluding hydrogens is 294 g/mol. The van der Waals surface area contributed by atoms with Crippen LogP contribution in [-0.2, 0) is 0 Å². The van der Waals surface area contributed by atoms with Crippen LogP contribution in [0.5, 0.6) is 0 Å². The maximum atomic E-state index is 12.1. The van der Waals surface area contributed by atoms with E-state index in [0.717, 1.165) is 0 Å². The minimum atomic E-state index is -0.385. The van der Waals surface area contributed by atoms with Gasteiger partial charge in [-0.1, -0.05) is 28.7 Å². The van der Waals surface area contributed by atoms with Crippen LogP contribution in [0.4, 0.5) is 0 Å². The third kappa shape index (κ3) is 3.78. The van der Waals surface area contributed by atoms with Gasteiger partial charge in [-0.2, -0.15) is 5.21 Å². The second kappa shape index (κ2) is 6.83. The lowest BCUT2D eigenvalue weighted by Crippen LogP contribution is -2.27. The van der Waals surface area contributed by atoms with Gasteiger partial charge in [-0.15, -0.1) is 10.2 Å². The molecule has 2 aromatic rings. The van der Waals surface area contributed by atoms with Gasteiger partial charge in [-0.05, 0) is 25.1 Å². The molecule has 0 bridgehead atoms. The minimum absolute atomic E-state index is 0.249. The van der Waals surface area contributed by atoms with Gasteiger partial charge in [0.1, 0.15) is 6.61 Å². The molecule has 0 aliphatic carbocycles. The Hall–Kier alpha value is -2.43. The van der Waals surface area contributed by atoms with Gasteiger partial charge in [0.2, 0.25) is 0 Å². The van der Waals surface area contributed by atoms with Crippen LogP contribution >= 0.6 is 11.6 Å². The molecule has 1 unspecified atom stereocenters. The lowest BCUT2D eigenvalue weighted by Gasteiger charge is -2.10. The normalized spacial score (nSPS) is 11.4. The number of hydrogen-bond acceptors (Lipinski definition) is 5. The summed E-state index contributed by atoms with van der Waals surface area (Å²) in [5.41, 5.74) is 0.943. The summed E-state index contributed by atoms with van der Waals surface area (Å²) >= 11 is 6.04. The second-order valence-electron chi connectivity index (χ2n) is 4.12. The average Bonchev–Trinajstić information content (AvgIpc) is 3.00. The molecule has 1 amide bonds. The summed E-state index contributed by atoms with van der Waals surface area (Å²) in [4.78, 5) is 12.1. The SMILES string of the molecule is CC(NC(=O)c1ccc(C#CCO)c(Cl)c1)c1nn[nH]n1. The van der Waals surface area contributed by atoms with Crippen molar-refractivity contribution in [1.29, 1.82) is 0 Å². The number of rotatable bonds is 3. The molecule has 0 saturated carbocycles. The standard InChI is InChI=1S/C13H12ClN5O2/c1-8(12-16-18-19-17-12)15-13(21)10-5-4-9(3-2-6-20)11(14)7-10/h4-5,7-8,20H,6H2,1H3,(H,15,21)(H,16,17,18,19). The van der Waals surface area contributed by atoms with Gasteiger partial charge in [0.15, 0.2) is 5.82 Å². The van der Waals surface area contributed by atoms with E-state index in [1.165, 1.54) is 6.07 Å². The maximum absolute atomic E-state index is 12.1. The number of hydrogen-bond donors (Lipinski definition) is 3. The molecular formula is C13H12ClN5O2. The highest BCUT2D eigenvalue weighted by Gasteiger charge is 2.15. The van der Waals surface area contributed by atoms with Gasteiger partial charge in [0.25, 0.3) is 5.91 Å². The fourth-order valence-electron chi connectivity index (χ4n) is 1.59. The minimum Gasteiger partial charge on any atom is -0.384 e. The number of nitrogens with one attached hydrogen (secondary N) is 2. The number of aromatic nitrogens is 4. The van der Waals surface area contributed by atoms with Crippen LogP contribution in [0.3, 0.4) is 0 Å². The third-order valence-corrected chi connectivity index (χ3v) is 2.94. The first-order chi connectivity index (χ1) is 10.1. The fraction of sp³-hybridized carbons (Fsp3) is 0.231. The molecule has 0 aliphatic heterocycles. The topological polar surface area (TPSA) is 104 Å². The maximum Gasteiger partial charge on any atom is 0.251 e. The van der Waals surface area contributed by atoms with Crippen LogP contribution in [-0.4, -0.2) is 38.2 Å². The van der Waals surface area contributed by atoms with E-state index in [-0.39, 0.29) is 18.6 Å². The fourth-order valence-corrected chi connectivity index (χ4v) is 1.82. The Morgan fingerprint density at radius 2 is 2.38 bits per heavy atom. The summed E-state index contributed by atoms with van der Waals surface area (Å²) in [7, 11) is 0. The van der Waals surface area contributed by atoms with Crippen molar-refractivity contribution in [3.8, 4) is 11.8 Å². The molecule has 0 radical (unpaired) electrons. The van der Waals surface area contributed by atoms with Gasteiger partial charge in [0, 0.05) is 11.1 Å². The van der Waals surface area contributed by atoms with Crippen LogP contribution in [0.15, 0.2) is 18.2 Å². The van der Waals surface area contributed by atoms with Crippen molar-refractivity contribution < 1.29 is 9.90 Å². The number of aliphatic hydroxyl groups is 1. The molecule has 2 rings (SSSR count). The largest absolute Gasteiger partial charge is 0.384 e. The Labute approximate surface area is 125 Å². The van der Waals surface area contributed by atoms with Gasteiger partial charge in [-0.25, -0.2) is 0 Å². The van der Waals surface area contributed by atoms with Crippen molar-refractivity contribution >= 4 is 17.5 Å². The molecule has 1 aromatic carbocycles. The van der Waals surface area contributed by atoms with Crippen LogP contribution in [0, 0.1) is 11.8 Å². The molecule has 1 atom stereocenters. The zero-order chi connectivity index (χ0) is 15.2. The van der Waals surface area contributed by atoms with E-state index < -0.39 is 0 Å². The zero-order valence-corrected chi connectivity index (χ0v) is 11.8. The summed E-state index contributed by atoms with van der Waals surface area (Å²) in [5.74, 6) is 5.27. The molecule has 108 valence electrons. The van der Waals surface area contributed by atoms with E-state index in [1.54, 1.807) is 19.1 Å². The number of H-pyrrole nitrogens is 1. The highest BCUT2D eigenvalue weighted by Crippen LogP contribution is 2.17. The van der Waals surface area contributed by atoms with Crippen LogP contribution in [0.1, 0.15) is 34.7 Å². The highest BCUT2D eigenvalue weighted by molar-refractivity contribution is 6.32. The second-order valence-corrected chi connectivity index (χ2v) is 4.53. The Morgan fingerprint density at radius 1 is 1.57 bits per heavy atom. The summed E-state index contributed by atoms with van der Waals surface area (Å²) in [6.07, 6.45) is 0.